The van der Waals surface area contributed by atoms with E-state index in [4.69, 9.17) is 9.68 Å². The lowest BCUT2D eigenvalue weighted by atomic mass is 10.1. The fourth-order valence-corrected chi connectivity index (χ4v) is 2.24. The maximum atomic E-state index is 11.9. The Labute approximate surface area is 144 Å². The highest BCUT2D eigenvalue weighted by atomic mass is 16.6. The first-order valence-corrected chi connectivity index (χ1v) is 7.59. The highest BCUT2D eigenvalue weighted by Gasteiger charge is 2.14. The van der Waals surface area contributed by atoms with Crippen LogP contribution in [0.4, 0.5) is 5.69 Å². The second-order valence-corrected chi connectivity index (χ2v) is 5.76. The lowest BCUT2D eigenvalue weighted by Crippen LogP contribution is -2.30. The molecule has 1 amide bonds. The molecule has 1 N–H and O–H groups in total. The fraction of sp³-hybridized carbons (Fsp3) is 0.222. The van der Waals surface area contributed by atoms with Crippen LogP contribution < -0.4 is 5.32 Å². The molecule has 0 spiro atoms. The van der Waals surface area contributed by atoms with Crippen LogP contribution in [-0.2, 0) is 4.79 Å². The van der Waals surface area contributed by atoms with Crippen molar-refractivity contribution in [3.05, 3.63) is 57.3 Å². The molecule has 0 aliphatic rings. The Morgan fingerprint density at radius 2 is 2.08 bits per heavy atom. The topological polar surface area (TPSA) is 109 Å². The Balaban J connectivity index is 2.31. The number of hydrogen-bond donors (Lipinski definition) is 1. The van der Waals surface area contributed by atoms with Gasteiger partial charge in [0.25, 0.3) is 11.6 Å². The quantitative estimate of drug-likeness (QED) is 0.387. The van der Waals surface area contributed by atoms with Gasteiger partial charge in [-0.15, -0.1) is 0 Å². The number of hydrogen-bond acceptors (Lipinski definition) is 5. The van der Waals surface area contributed by atoms with Gasteiger partial charge >= 0.3 is 0 Å². The molecule has 0 saturated heterocycles. The van der Waals surface area contributed by atoms with Gasteiger partial charge in [0.05, 0.1) is 4.92 Å². The average Bonchev–Trinajstić information content (AvgIpc) is 2.99. The van der Waals surface area contributed by atoms with Crippen molar-refractivity contribution in [1.82, 2.24) is 5.32 Å². The molecule has 0 radical (unpaired) electrons. The van der Waals surface area contributed by atoms with Gasteiger partial charge in [-0.2, -0.15) is 5.26 Å². The number of furan rings is 1. The molecule has 0 atom stereocenters. The summed E-state index contributed by atoms with van der Waals surface area (Å²) in [6.45, 7) is 5.35. The van der Waals surface area contributed by atoms with Crippen molar-refractivity contribution in [2.24, 2.45) is 0 Å². The van der Waals surface area contributed by atoms with Crippen molar-refractivity contribution in [2.75, 3.05) is 0 Å². The van der Waals surface area contributed by atoms with Gasteiger partial charge in [-0.1, -0.05) is 0 Å². The molecular weight excluding hydrogens is 322 g/mol. The second-order valence-electron chi connectivity index (χ2n) is 5.76. The highest BCUT2D eigenvalue weighted by molar-refractivity contribution is 6.01. The van der Waals surface area contributed by atoms with E-state index in [0.717, 1.165) is 0 Å². The third-order valence-corrected chi connectivity index (χ3v) is 3.38. The number of nitriles is 1. The number of carbonyl (C=O) groups is 1. The molecule has 1 aromatic carbocycles. The molecule has 7 nitrogen and oxygen atoms in total. The van der Waals surface area contributed by atoms with Gasteiger partial charge < -0.3 is 9.73 Å². The van der Waals surface area contributed by atoms with Crippen LogP contribution in [0.15, 0.2) is 40.3 Å². The molecular formula is C18H17N3O4. The van der Waals surface area contributed by atoms with Gasteiger partial charge in [-0.3, -0.25) is 14.9 Å². The molecule has 0 bridgehead atoms. The number of aryl methyl sites for hydroxylation is 1. The van der Waals surface area contributed by atoms with E-state index in [1.807, 2.05) is 6.07 Å². The SMILES string of the molecule is Cc1cc([N+](=O)[O-])ccc1-c1ccc(C=C(C#N)C(=O)NC(C)C)o1. The molecule has 7 heteroatoms. The van der Waals surface area contributed by atoms with E-state index in [0.29, 0.717) is 22.6 Å². The van der Waals surface area contributed by atoms with E-state index in [9.17, 15) is 14.9 Å². The fourth-order valence-electron chi connectivity index (χ4n) is 2.24. The number of rotatable bonds is 5. The molecule has 2 rings (SSSR count). The van der Waals surface area contributed by atoms with Gasteiger partial charge in [0.1, 0.15) is 23.2 Å². The number of non-ortho nitro benzene ring substituents is 1. The number of nitrogens with one attached hydrogen (secondary N) is 1. The van der Waals surface area contributed by atoms with E-state index in [2.05, 4.69) is 5.32 Å². The lowest BCUT2D eigenvalue weighted by molar-refractivity contribution is -0.384. The van der Waals surface area contributed by atoms with E-state index >= 15 is 0 Å². The summed E-state index contributed by atoms with van der Waals surface area (Å²) in [4.78, 5) is 22.3. The Kier molecular flexibility index (Phi) is 5.35. The molecule has 1 heterocycles. The van der Waals surface area contributed by atoms with E-state index in [1.165, 1.54) is 18.2 Å². The molecule has 128 valence electrons. The minimum Gasteiger partial charge on any atom is -0.457 e. The largest absolute Gasteiger partial charge is 0.457 e. The smallest absolute Gasteiger partial charge is 0.269 e. The van der Waals surface area contributed by atoms with E-state index < -0.39 is 10.8 Å². The van der Waals surface area contributed by atoms with Crippen LogP contribution in [0.2, 0.25) is 0 Å². The Morgan fingerprint density at radius 3 is 2.64 bits per heavy atom. The zero-order valence-corrected chi connectivity index (χ0v) is 14.1. The molecule has 0 aliphatic heterocycles. The first-order valence-electron chi connectivity index (χ1n) is 7.59. The standard InChI is InChI=1S/C18H17N3O4/c1-11(2)20-18(22)13(10-19)9-15-5-7-17(25-15)16-6-4-14(21(23)24)8-12(16)3/h4-9,11H,1-3H3,(H,20,22). The lowest BCUT2D eigenvalue weighted by Gasteiger charge is -2.06. The summed E-state index contributed by atoms with van der Waals surface area (Å²) in [5, 5.41) is 22.6. The molecule has 0 fully saturated rings. The number of nitro benzene ring substituents is 1. The van der Waals surface area contributed by atoms with Crippen LogP contribution in [0, 0.1) is 28.4 Å². The summed E-state index contributed by atoms with van der Waals surface area (Å²) in [7, 11) is 0. The third kappa shape index (κ3) is 4.32. The minimum absolute atomic E-state index is 0.00467. The molecule has 0 saturated carbocycles. The van der Waals surface area contributed by atoms with Crippen molar-refractivity contribution in [3.8, 4) is 17.4 Å². The van der Waals surface area contributed by atoms with Crippen LogP contribution in [0.5, 0.6) is 0 Å². The first kappa shape index (κ1) is 17.9. The van der Waals surface area contributed by atoms with Gasteiger partial charge in [0.2, 0.25) is 0 Å². The van der Waals surface area contributed by atoms with Crippen LogP contribution >= 0.6 is 0 Å². The summed E-state index contributed by atoms with van der Waals surface area (Å²) in [6, 6.07) is 9.56. The Hall–Kier alpha value is -3.40. The van der Waals surface area contributed by atoms with Crippen LogP contribution in [0.25, 0.3) is 17.4 Å². The van der Waals surface area contributed by atoms with Gasteiger partial charge in [-0.25, -0.2) is 0 Å². The number of amides is 1. The van der Waals surface area contributed by atoms with Crippen LogP contribution in [0.3, 0.4) is 0 Å². The predicted molar refractivity (Wildman–Crippen MR) is 92.4 cm³/mol. The molecule has 0 aliphatic carbocycles. The number of benzene rings is 1. The summed E-state index contributed by atoms with van der Waals surface area (Å²) in [5.41, 5.74) is 1.34. The monoisotopic (exact) mass is 339 g/mol. The predicted octanol–water partition coefficient (Wildman–Crippen LogP) is 3.59. The van der Waals surface area contributed by atoms with Crippen molar-refractivity contribution in [1.29, 1.82) is 5.26 Å². The third-order valence-electron chi connectivity index (χ3n) is 3.38. The average molecular weight is 339 g/mol. The van der Waals surface area contributed by atoms with E-state index in [-0.39, 0.29) is 17.3 Å². The molecule has 0 unspecified atom stereocenters. The summed E-state index contributed by atoms with van der Waals surface area (Å²) >= 11 is 0. The second kappa shape index (κ2) is 7.45. The number of nitrogens with zero attached hydrogens (tertiary/aromatic N) is 2. The van der Waals surface area contributed by atoms with E-state index in [1.54, 1.807) is 39.0 Å². The maximum absolute atomic E-state index is 11.9. The molecule has 25 heavy (non-hydrogen) atoms. The molecule has 1 aromatic heterocycles. The van der Waals surface area contributed by atoms with Crippen LogP contribution in [-0.4, -0.2) is 16.9 Å². The van der Waals surface area contributed by atoms with Crippen molar-refractivity contribution in [3.63, 3.8) is 0 Å². The summed E-state index contributed by atoms with van der Waals surface area (Å²) in [6.07, 6.45) is 1.36. The first-order chi connectivity index (χ1) is 11.8. The number of nitro groups is 1. The van der Waals surface area contributed by atoms with Gasteiger partial charge in [-0.05, 0) is 44.5 Å². The zero-order chi connectivity index (χ0) is 18.6. The summed E-state index contributed by atoms with van der Waals surface area (Å²) in [5.74, 6) is 0.380. The van der Waals surface area contributed by atoms with Crippen molar-refractivity contribution >= 4 is 17.7 Å². The van der Waals surface area contributed by atoms with Crippen LogP contribution in [0.1, 0.15) is 25.2 Å². The Bertz CT molecular complexity index is 888. The van der Waals surface area contributed by atoms with Crippen molar-refractivity contribution < 1.29 is 14.1 Å². The van der Waals surface area contributed by atoms with Crippen molar-refractivity contribution in [2.45, 2.75) is 26.8 Å². The van der Waals surface area contributed by atoms with Gasteiger partial charge in [0, 0.05) is 29.8 Å². The highest BCUT2D eigenvalue weighted by Crippen LogP contribution is 2.29. The normalized spacial score (nSPS) is 11.2. The zero-order valence-electron chi connectivity index (χ0n) is 14.1. The van der Waals surface area contributed by atoms with Gasteiger partial charge in [0.15, 0.2) is 0 Å². The Morgan fingerprint density at radius 1 is 1.36 bits per heavy atom. The molecule has 2 aromatic rings. The maximum Gasteiger partial charge on any atom is 0.269 e. The number of carbonyl (C=O) groups excluding carboxylic acids is 1. The summed E-state index contributed by atoms with van der Waals surface area (Å²) < 4.78 is 5.66. The minimum atomic E-state index is -0.470.